The average Bonchev–Trinajstić information content (AvgIpc) is 2.72. The lowest BCUT2D eigenvalue weighted by Gasteiger charge is -2.15. The van der Waals surface area contributed by atoms with Gasteiger partial charge in [0.05, 0.1) is 24.8 Å². The van der Waals surface area contributed by atoms with Gasteiger partial charge in [0.1, 0.15) is 0 Å². The van der Waals surface area contributed by atoms with E-state index in [-0.39, 0.29) is 5.56 Å². The molecule has 0 fully saturated rings. The lowest BCUT2D eigenvalue weighted by molar-refractivity contribution is -0.137. The maximum atomic E-state index is 13.0. The first-order valence-electron chi connectivity index (χ1n) is 8.96. The molecule has 0 aliphatic rings. The molecule has 0 aliphatic carbocycles. The number of hydrogen-bond acceptors (Lipinski definition) is 3. The van der Waals surface area contributed by atoms with Gasteiger partial charge < -0.3 is 9.84 Å². The fraction of sp³-hybridized carbons (Fsp3) is 0.174. The van der Waals surface area contributed by atoms with Crippen LogP contribution in [0.25, 0.3) is 22.3 Å². The summed E-state index contributed by atoms with van der Waals surface area (Å²) in [5, 5.41) is 9.99. The predicted octanol–water partition coefficient (Wildman–Crippen LogP) is 6.28. The number of alkyl halides is 3. The molecule has 0 atom stereocenters. The van der Waals surface area contributed by atoms with E-state index in [2.05, 4.69) is 0 Å². The smallest absolute Gasteiger partial charge is 0.416 e. The van der Waals surface area contributed by atoms with Crippen molar-refractivity contribution in [3.05, 3.63) is 81.9 Å². The van der Waals surface area contributed by atoms with E-state index in [1.807, 2.05) is 6.92 Å². The number of benzene rings is 3. The van der Waals surface area contributed by atoms with Crippen molar-refractivity contribution < 1.29 is 27.8 Å². The highest BCUT2D eigenvalue weighted by Gasteiger charge is 2.31. The van der Waals surface area contributed by atoms with Crippen LogP contribution in [0.4, 0.5) is 13.2 Å². The van der Waals surface area contributed by atoms with Crippen LogP contribution in [0.2, 0.25) is 5.02 Å². The highest BCUT2D eigenvalue weighted by Crippen LogP contribution is 2.38. The number of methoxy groups -OCH3 is 1. The second-order valence-corrected chi connectivity index (χ2v) is 7.15. The van der Waals surface area contributed by atoms with Gasteiger partial charge >= 0.3 is 12.1 Å². The first-order chi connectivity index (χ1) is 14.2. The van der Waals surface area contributed by atoms with Crippen LogP contribution in [-0.2, 0) is 17.5 Å². The third-order valence-electron chi connectivity index (χ3n) is 4.82. The van der Waals surface area contributed by atoms with Gasteiger partial charge in [-0.2, -0.15) is 13.2 Å². The summed E-state index contributed by atoms with van der Waals surface area (Å²) in [7, 11) is 1.31. The van der Waals surface area contributed by atoms with Crippen molar-refractivity contribution in [2.45, 2.75) is 19.7 Å². The Morgan fingerprint density at radius 2 is 1.70 bits per heavy atom. The van der Waals surface area contributed by atoms with Crippen molar-refractivity contribution in [1.29, 1.82) is 0 Å². The fourth-order valence-electron chi connectivity index (χ4n) is 3.30. The Morgan fingerprint density at radius 1 is 1.00 bits per heavy atom. The first kappa shape index (κ1) is 21.9. The molecule has 0 amide bonds. The summed E-state index contributed by atoms with van der Waals surface area (Å²) >= 11 is 6.34. The number of halogens is 4. The van der Waals surface area contributed by atoms with Crippen LogP contribution < -0.4 is 0 Å². The molecule has 0 aliphatic heterocycles. The predicted molar refractivity (Wildman–Crippen MR) is 109 cm³/mol. The fourth-order valence-corrected chi connectivity index (χ4v) is 3.51. The van der Waals surface area contributed by atoms with E-state index >= 15 is 0 Å². The molecular weight excluding hydrogens is 417 g/mol. The van der Waals surface area contributed by atoms with Gasteiger partial charge in [-0.05, 0) is 71.1 Å². The SMILES string of the molecule is COC(=O)c1ccc(-c2ccc(Cl)c(-c3ccc(C(F)(F)F)cc3CO)c2)c(C)c1. The second kappa shape index (κ2) is 8.50. The van der Waals surface area contributed by atoms with Gasteiger partial charge in [-0.15, -0.1) is 0 Å². The van der Waals surface area contributed by atoms with Crippen molar-refractivity contribution in [1.82, 2.24) is 0 Å². The summed E-state index contributed by atoms with van der Waals surface area (Å²) in [6.45, 7) is 1.28. The van der Waals surface area contributed by atoms with Gasteiger partial charge in [0.2, 0.25) is 0 Å². The zero-order chi connectivity index (χ0) is 22.1. The molecule has 1 N–H and O–H groups in total. The number of carbonyl (C=O) groups excluding carboxylic acids is 1. The number of esters is 1. The van der Waals surface area contributed by atoms with Crippen molar-refractivity contribution in [3.63, 3.8) is 0 Å². The Bertz CT molecular complexity index is 1110. The summed E-state index contributed by atoms with van der Waals surface area (Å²) in [6, 6.07) is 13.5. The van der Waals surface area contributed by atoms with E-state index in [0.717, 1.165) is 28.8 Å². The Hall–Kier alpha value is -2.83. The largest absolute Gasteiger partial charge is 0.465 e. The molecule has 0 heterocycles. The number of hydrogen-bond donors (Lipinski definition) is 1. The molecule has 0 saturated heterocycles. The maximum absolute atomic E-state index is 13.0. The summed E-state index contributed by atoms with van der Waals surface area (Å²) in [4.78, 5) is 11.7. The molecule has 156 valence electrons. The average molecular weight is 435 g/mol. The highest BCUT2D eigenvalue weighted by molar-refractivity contribution is 6.33. The third kappa shape index (κ3) is 4.35. The number of aliphatic hydroxyl groups is 1. The van der Waals surface area contributed by atoms with Crippen LogP contribution in [0.15, 0.2) is 54.6 Å². The topological polar surface area (TPSA) is 46.5 Å². The third-order valence-corrected chi connectivity index (χ3v) is 5.15. The molecule has 0 spiro atoms. The van der Waals surface area contributed by atoms with Gasteiger partial charge in [0.15, 0.2) is 0 Å². The molecule has 0 saturated carbocycles. The number of aryl methyl sites for hydroxylation is 1. The minimum Gasteiger partial charge on any atom is -0.465 e. The summed E-state index contributed by atoms with van der Waals surface area (Å²) in [6.07, 6.45) is -4.51. The van der Waals surface area contributed by atoms with Crippen LogP contribution in [0.1, 0.15) is 27.0 Å². The van der Waals surface area contributed by atoms with Crippen molar-refractivity contribution in [2.24, 2.45) is 0 Å². The van der Waals surface area contributed by atoms with Gasteiger partial charge in [0.25, 0.3) is 0 Å². The molecule has 7 heteroatoms. The van der Waals surface area contributed by atoms with Crippen LogP contribution in [0, 0.1) is 6.92 Å². The van der Waals surface area contributed by atoms with Gasteiger partial charge in [-0.1, -0.05) is 29.8 Å². The van der Waals surface area contributed by atoms with Crippen molar-refractivity contribution in [2.75, 3.05) is 7.11 Å². The standard InChI is InChI=1S/C23H18ClF3O3/c1-13-9-15(22(29)30-2)3-6-18(13)14-4-8-21(24)20(11-14)19-7-5-17(23(25,26)27)10-16(19)12-28/h3-11,28H,12H2,1-2H3. The molecule has 3 rings (SSSR count). The molecule has 0 unspecified atom stereocenters. The second-order valence-electron chi connectivity index (χ2n) is 6.74. The molecule has 0 aromatic heterocycles. The number of carbonyl (C=O) groups is 1. The monoisotopic (exact) mass is 434 g/mol. The summed E-state index contributed by atoms with van der Waals surface area (Å²) in [5.41, 5.74) is 3.05. The normalized spacial score (nSPS) is 11.4. The van der Waals surface area contributed by atoms with Crippen LogP contribution in [0.5, 0.6) is 0 Å². The van der Waals surface area contributed by atoms with Gasteiger partial charge in [-0.25, -0.2) is 4.79 Å². The zero-order valence-electron chi connectivity index (χ0n) is 16.2. The summed E-state index contributed by atoms with van der Waals surface area (Å²) < 4.78 is 43.8. The van der Waals surface area contributed by atoms with E-state index in [1.165, 1.54) is 13.2 Å². The molecule has 30 heavy (non-hydrogen) atoms. The quantitative estimate of drug-likeness (QED) is 0.491. The van der Waals surface area contributed by atoms with E-state index in [0.29, 0.717) is 21.7 Å². The first-order valence-corrected chi connectivity index (χ1v) is 9.33. The lowest BCUT2D eigenvalue weighted by Crippen LogP contribution is -2.06. The zero-order valence-corrected chi connectivity index (χ0v) is 16.9. The Labute approximate surface area is 176 Å². The molecule has 0 bridgehead atoms. The number of aliphatic hydroxyl groups excluding tert-OH is 1. The van der Waals surface area contributed by atoms with Crippen LogP contribution in [0.3, 0.4) is 0 Å². The minimum absolute atomic E-state index is 0.127. The molecule has 3 nitrogen and oxygen atoms in total. The lowest BCUT2D eigenvalue weighted by atomic mass is 9.93. The van der Waals surface area contributed by atoms with Crippen LogP contribution in [-0.4, -0.2) is 18.2 Å². The van der Waals surface area contributed by atoms with Crippen LogP contribution >= 0.6 is 11.6 Å². The molecule has 0 radical (unpaired) electrons. The van der Waals surface area contributed by atoms with E-state index in [4.69, 9.17) is 16.3 Å². The van der Waals surface area contributed by atoms with Gasteiger partial charge in [-0.3, -0.25) is 0 Å². The Kier molecular flexibility index (Phi) is 6.19. The molecular formula is C23H18ClF3O3. The van der Waals surface area contributed by atoms with Crippen molar-refractivity contribution in [3.8, 4) is 22.3 Å². The molecule has 3 aromatic carbocycles. The Morgan fingerprint density at radius 3 is 2.30 bits per heavy atom. The summed E-state index contributed by atoms with van der Waals surface area (Å²) in [5.74, 6) is -0.446. The number of rotatable bonds is 4. The minimum atomic E-state index is -4.51. The van der Waals surface area contributed by atoms with Crippen molar-refractivity contribution >= 4 is 17.6 Å². The number of ether oxygens (including phenoxy) is 1. The van der Waals surface area contributed by atoms with E-state index < -0.39 is 24.3 Å². The van der Waals surface area contributed by atoms with E-state index in [9.17, 15) is 23.1 Å². The Balaban J connectivity index is 2.10. The van der Waals surface area contributed by atoms with Gasteiger partial charge in [0, 0.05) is 10.6 Å². The maximum Gasteiger partial charge on any atom is 0.416 e. The molecule has 3 aromatic rings. The highest BCUT2D eigenvalue weighted by atomic mass is 35.5. The van der Waals surface area contributed by atoms with E-state index in [1.54, 1.807) is 36.4 Å².